The number of nitro groups is 1. The molecule has 0 atom stereocenters. The summed E-state index contributed by atoms with van der Waals surface area (Å²) in [7, 11) is 0. The van der Waals surface area contributed by atoms with E-state index in [0.29, 0.717) is 23.6 Å². The summed E-state index contributed by atoms with van der Waals surface area (Å²) in [6.45, 7) is 3.41. The van der Waals surface area contributed by atoms with Crippen molar-refractivity contribution in [1.29, 1.82) is 0 Å². The Morgan fingerprint density at radius 1 is 1.41 bits per heavy atom. The van der Waals surface area contributed by atoms with E-state index in [2.05, 4.69) is 10.2 Å². The van der Waals surface area contributed by atoms with Gasteiger partial charge in [0.05, 0.1) is 4.92 Å². The first-order valence-electron chi connectivity index (χ1n) is 8.46. The lowest BCUT2D eigenvalue weighted by molar-refractivity contribution is -0.384. The molecule has 0 saturated carbocycles. The molecule has 10 heteroatoms. The average Bonchev–Trinajstić information content (AvgIpc) is 3.32. The van der Waals surface area contributed by atoms with Gasteiger partial charge in [0.1, 0.15) is 10.6 Å². The fourth-order valence-electron chi connectivity index (χ4n) is 2.80. The van der Waals surface area contributed by atoms with Crippen molar-refractivity contribution < 1.29 is 19.2 Å². The average molecular weight is 390 g/mol. The number of rotatable bonds is 7. The zero-order valence-electron chi connectivity index (χ0n) is 14.6. The number of anilines is 1. The summed E-state index contributed by atoms with van der Waals surface area (Å²) in [6, 6.07) is 4.74. The number of thioether (sulfide) groups is 1. The fraction of sp³-hybridized carbons (Fsp3) is 0.353. The molecule has 27 heavy (non-hydrogen) atoms. The smallest absolute Gasteiger partial charge is 0.342 e. The number of hydrogen-bond donors (Lipinski definition) is 1. The molecule has 142 valence electrons. The van der Waals surface area contributed by atoms with Gasteiger partial charge in [0.25, 0.3) is 10.9 Å². The maximum atomic E-state index is 11.6. The van der Waals surface area contributed by atoms with Crippen LogP contribution in [0.15, 0.2) is 32.7 Å². The number of aliphatic carboxylic acids is 1. The zero-order chi connectivity index (χ0) is 19.4. The Kier molecular flexibility index (Phi) is 5.75. The Bertz CT molecular complexity index is 889. The van der Waals surface area contributed by atoms with Gasteiger partial charge in [0, 0.05) is 25.6 Å². The highest BCUT2D eigenvalue weighted by atomic mass is 32.2. The van der Waals surface area contributed by atoms with Crippen molar-refractivity contribution in [3.63, 3.8) is 0 Å². The number of hydrogen-bond acceptors (Lipinski definition) is 8. The summed E-state index contributed by atoms with van der Waals surface area (Å²) in [6.07, 6.45) is 3.92. The van der Waals surface area contributed by atoms with Gasteiger partial charge in [0.15, 0.2) is 0 Å². The summed E-state index contributed by atoms with van der Waals surface area (Å²) in [5.41, 5.74) is 0.944. The van der Waals surface area contributed by atoms with Crippen LogP contribution in [0.4, 0.5) is 11.4 Å². The van der Waals surface area contributed by atoms with Gasteiger partial charge in [-0.05, 0) is 42.3 Å². The van der Waals surface area contributed by atoms with E-state index in [1.54, 1.807) is 12.1 Å². The van der Waals surface area contributed by atoms with Gasteiger partial charge in [-0.25, -0.2) is 4.79 Å². The molecule has 0 spiro atoms. The molecule has 9 nitrogen and oxygen atoms in total. The summed E-state index contributed by atoms with van der Waals surface area (Å²) in [4.78, 5) is 24.5. The van der Waals surface area contributed by atoms with Gasteiger partial charge < -0.3 is 14.4 Å². The lowest BCUT2D eigenvalue weighted by Crippen LogP contribution is -2.18. The first-order chi connectivity index (χ1) is 13.0. The fourth-order valence-corrected chi connectivity index (χ4v) is 3.49. The van der Waals surface area contributed by atoms with Crippen molar-refractivity contribution in [1.82, 2.24) is 10.2 Å². The molecule has 0 aliphatic carbocycles. The quantitative estimate of drug-likeness (QED) is 0.328. The molecule has 1 aromatic heterocycles. The first-order valence-corrected chi connectivity index (χ1v) is 9.28. The Morgan fingerprint density at radius 2 is 2.15 bits per heavy atom. The van der Waals surface area contributed by atoms with Crippen LogP contribution >= 0.6 is 11.8 Å². The molecule has 0 bridgehead atoms. The molecule has 1 aliphatic rings. The summed E-state index contributed by atoms with van der Waals surface area (Å²) < 4.78 is 5.32. The van der Waals surface area contributed by atoms with E-state index >= 15 is 0 Å². The number of carboxylic acids is 1. The van der Waals surface area contributed by atoms with Crippen LogP contribution in [0.1, 0.15) is 31.2 Å². The Hall–Kier alpha value is -2.88. The third kappa shape index (κ3) is 4.45. The van der Waals surface area contributed by atoms with E-state index in [1.165, 1.54) is 12.1 Å². The number of nitro benzene ring substituents is 1. The lowest BCUT2D eigenvalue weighted by Gasteiger charge is -2.17. The van der Waals surface area contributed by atoms with Crippen molar-refractivity contribution in [3.05, 3.63) is 44.7 Å². The van der Waals surface area contributed by atoms with Crippen LogP contribution in [0, 0.1) is 10.1 Å². The van der Waals surface area contributed by atoms with E-state index in [9.17, 15) is 20.0 Å². The van der Waals surface area contributed by atoms with E-state index in [4.69, 9.17) is 4.42 Å². The van der Waals surface area contributed by atoms with Gasteiger partial charge in [-0.1, -0.05) is 13.0 Å². The highest BCUT2D eigenvalue weighted by molar-refractivity contribution is 8.03. The highest BCUT2D eigenvalue weighted by Crippen LogP contribution is 2.34. The van der Waals surface area contributed by atoms with Crippen molar-refractivity contribution >= 4 is 35.2 Å². The molecule has 1 saturated heterocycles. The number of benzene rings is 1. The lowest BCUT2D eigenvalue weighted by atomic mass is 10.1. The van der Waals surface area contributed by atoms with Crippen LogP contribution in [0.3, 0.4) is 0 Å². The summed E-state index contributed by atoms with van der Waals surface area (Å²) in [5.74, 6) is -0.768. The zero-order valence-corrected chi connectivity index (χ0v) is 15.4. The number of carboxylic acid groups (broad SMARTS) is 1. The molecule has 1 fully saturated rings. The largest absolute Gasteiger partial charge is 0.477 e. The minimum Gasteiger partial charge on any atom is -0.477 e. The van der Waals surface area contributed by atoms with E-state index in [1.807, 2.05) is 11.8 Å². The van der Waals surface area contributed by atoms with E-state index in [-0.39, 0.29) is 15.8 Å². The van der Waals surface area contributed by atoms with Crippen LogP contribution in [0.25, 0.3) is 6.08 Å². The van der Waals surface area contributed by atoms with Crippen LogP contribution in [-0.4, -0.2) is 39.3 Å². The normalized spacial score (nSPS) is 14.6. The molecule has 3 rings (SSSR count). The molecule has 1 N–H and O–H groups in total. The predicted molar refractivity (Wildman–Crippen MR) is 99.7 cm³/mol. The summed E-state index contributed by atoms with van der Waals surface area (Å²) in [5, 5.41) is 28.6. The minimum atomic E-state index is -1.18. The van der Waals surface area contributed by atoms with Gasteiger partial charge in [-0.15, -0.1) is 10.2 Å². The number of aryl methyl sites for hydroxylation is 1. The van der Waals surface area contributed by atoms with Crippen LogP contribution in [0.2, 0.25) is 0 Å². The minimum absolute atomic E-state index is 0.0357. The Labute approximate surface area is 159 Å². The van der Waals surface area contributed by atoms with Crippen molar-refractivity contribution in [2.24, 2.45) is 0 Å². The topological polar surface area (TPSA) is 123 Å². The maximum absolute atomic E-state index is 11.6. The Morgan fingerprint density at radius 3 is 2.74 bits per heavy atom. The standard InChI is InChI=1S/C17H18N4O5S/c1-2-15-18-19-17(26-15)27-14(16(22)23)10-11-5-6-12(13(9-11)21(24)25)20-7-3-4-8-20/h5-6,9-10H,2-4,7-8H2,1H3,(H,22,23)/b14-10+. The third-order valence-corrected chi connectivity index (χ3v) is 4.95. The van der Waals surface area contributed by atoms with Crippen LogP contribution in [-0.2, 0) is 11.2 Å². The van der Waals surface area contributed by atoms with Crippen LogP contribution in [0.5, 0.6) is 0 Å². The first kappa shape index (κ1) is 18.9. The van der Waals surface area contributed by atoms with Crippen LogP contribution < -0.4 is 4.90 Å². The number of aromatic nitrogens is 2. The third-order valence-electron chi connectivity index (χ3n) is 4.10. The van der Waals surface area contributed by atoms with Crippen molar-refractivity contribution in [2.75, 3.05) is 18.0 Å². The second-order valence-electron chi connectivity index (χ2n) is 5.93. The number of nitrogens with zero attached hydrogens (tertiary/aromatic N) is 4. The highest BCUT2D eigenvalue weighted by Gasteiger charge is 2.23. The molecule has 2 heterocycles. The molecule has 1 aromatic carbocycles. The molecule has 0 radical (unpaired) electrons. The van der Waals surface area contributed by atoms with Gasteiger partial charge in [0.2, 0.25) is 5.89 Å². The SMILES string of the molecule is CCc1nnc(S/C(=C/c2ccc(N3CCCC3)c([N+](=O)[O-])c2)C(=O)O)o1. The van der Waals surface area contributed by atoms with Gasteiger partial charge in [-0.3, -0.25) is 10.1 Å². The monoisotopic (exact) mass is 390 g/mol. The molecule has 0 unspecified atom stereocenters. The molecule has 1 aliphatic heterocycles. The molecular formula is C17H18N4O5S. The summed E-state index contributed by atoms with van der Waals surface area (Å²) >= 11 is 0.813. The van der Waals surface area contributed by atoms with Crippen molar-refractivity contribution in [2.45, 2.75) is 31.4 Å². The second-order valence-corrected chi connectivity index (χ2v) is 6.92. The van der Waals surface area contributed by atoms with Gasteiger partial charge in [-0.2, -0.15) is 0 Å². The molecular weight excluding hydrogens is 372 g/mol. The molecule has 0 amide bonds. The van der Waals surface area contributed by atoms with E-state index in [0.717, 1.165) is 37.7 Å². The number of carbonyl (C=O) groups is 1. The maximum Gasteiger partial charge on any atom is 0.342 e. The predicted octanol–water partition coefficient (Wildman–Crippen LogP) is 3.36. The van der Waals surface area contributed by atoms with Crippen molar-refractivity contribution in [3.8, 4) is 0 Å². The molecule has 2 aromatic rings. The second kappa shape index (κ2) is 8.21. The Balaban J connectivity index is 1.91. The van der Waals surface area contributed by atoms with Gasteiger partial charge >= 0.3 is 5.97 Å². The van der Waals surface area contributed by atoms with E-state index < -0.39 is 10.9 Å².